The molecule has 0 saturated carbocycles. The van der Waals surface area contributed by atoms with Gasteiger partial charge in [-0.05, 0) is 47.9 Å². The van der Waals surface area contributed by atoms with Gasteiger partial charge in [0.2, 0.25) is 0 Å². The maximum atomic E-state index is 6.04. The van der Waals surface area contributed by atoms with Gasteiger partial charge in [0.1, 0.15) is 12.1 Å². The second kappa shape index (κ2) is 9.56. The van der Waals surface area contributed by atoms with Crippen LogP contribution in [0.4, 0.5) is 5.69 Å². The molecule has 1 fully saturated rings. The van der Waals surface area contributed by atoms with Crippen LogP contribution in [-0.2, 0) is 11.2 Å². The summed E-state index contributed by atoms with van der Waals surface area (Å²) in [5.74, 6) is 1.42. The third-order valence-electron chi connectivity index (χ3n) is 6.74. The summed E-state index contributed by atoms with van der Waals surface area (Å²) in [6.45, 7) is 5.93. The molecule has 2 aliphatic heterocycles. The van der Waals surface area contributed by atoms with Crippen molar-refractivity contribution in [3.63, 3.8) is 0 Å². The number of hydrogen-bond acceptors (Lipinski definition) is 7. The Morgan fingerprint density at radius 3 is 2.83 bits per heavy atom. The van der Waals surface area contributed by atoms with E-state index in [0.29, 0.717) is 12.4 Å². The molecule has 4 aromatic rings. The molecule has 6 rings (SSSR count). The summed E-state index contributed by atoms with van der Waals surface area (Å²) in [6.07, 6.45) is 4.83. The van der Waals surface area contributed by atoms with Crippen molar-refractivity contribution >= 4 is 16.9 Å². The molecule has 0 unspecified atom stereocenters. The Morgan fingerprint density at radius 1 is 1.06 bits per heavy atom. The van der Waals surface area contributed by atoms with Crippen molar-refractivity contribution in [1.82, 2.24) is 19.9 Å². The van der Waals surface area contributed by atoms with Crippen LogP contribution in [0.1, 0.15) is 5.56 Å². The van der Waals surface area contributed by atoms with Crippen molar-refractivity contribution in [2.75, 3.05) is 58.4 Å². The maximum absolute atomic E-state index is 6.04. The van der Waals surface area contributed by atoms with Crippen LogP contribution in [0, 0.1) is 0 Å². The summed E-state index contributed by atoms with van der Waals surface area (Å²) in [4.78, 5) is 15.2. The summed E-state index contributed by atoms with van der Waals surface area (Å²) in [5, 5.41) is 3.42. The largest absolute Gasteiger partial charge is 0.493 e. The number of H-pyrrole nitrogens is 1. The molecule has 0 atom stereocenters. The molecule has 35 heavy (non-hydrogen) atoms. The summed E-state index contributed by atoms with van der Waals surface area (Å²) in [5.41, 5.74) is 8.12. The average molecular weight is 472 g/mol. The van der Waals surface area contributed by atoms with Crippen LogP contribution >= 0.6 is 0 Å². The number of morpholine rings is 1. The number of hydrogen-bond donors (Lipinski definition) is 2. The number of nitrogens with zero attached hydrogens (tertiary/aromatic N) is 3. The smallest absolute Gasteiger partial charge is 0.161 e. The number of fused-ring (bicyclic) bond motifs is 2. The van der Waals surface area contributed by atoms with Gasteiger partial charge in [-0.1, -0.05) is 6.07 Å². The zero-order valence-electron chi connectivity index (χ0n) is 19.8. The lowest BCUT2D eigenvalue weighted by molar-refractivity contribution is 0.0321. The molecule has 180 valence electrons. The van der Waals surface area contributed by atoms with Gasteiger partial charge in [0.05, 0.1) is 32.2 Å². The van der Waals surface area contributed by atoms with Gasteiger partial charge in [-0.15, -0.1) is 0 Å². The average Bonchev–Trinajstić information content (AvgIpc) is 3.55. The number of nitrogens with one attached hydrogen (secondary N) is 2. The van der Waals surface area contributed by atoms with Crippen molar-refractivity contribution < 1.29 is 14.2 Å². The van der Waals surface area contributed by atoms with Gasteiger partial charge in [0, 0.05) is 49.2 Å². The Balaban J connectivity index is 1.24. The third-order valence-corrected chi connectivity index (χ3v) is 6.74. The number of ether oxygens (including phenoxy) is 3. The molecule has 0 radical (unpaired) electrons. The van der Waals surface area contributed by atoms with Gasteiger partial charge in [-0.3, -0.25) is 4.90 Å². The first-order chi connectivity index (χ1) is 17.3. The summed E-state index contributed by atoms with van der Waals surface area (Å²) in [6, 6.07) is 12.5. The molecule has 8 heteroatoms. The first-order valence-corrected chi connectivity index (χ1v) is 12.1. The van der Waals surface area contributed by atoms with E-state index in [9.17, 15) is 0 Å². The predicted molar refractivity (Wildman–Crippen MR) is 136 cm³/mol. The van der Waals surface area contributed by atoms with Crippen LogP contribution < -0.4 is 14.8 Å². The standard InChI is InChI=1S/C27H29N5O3/c1-33-25-15-19(3-5-24(25)35-13-10-32-8-11-34-12-9-32)23-17-30-27-26(31-23)21(16-29-27)18-2-4-22-20(14-18)6-7-28-22/h2-5,14-17,28H,6-13H2,1H3,(H,29,30). The highest BCUT2D eigenvalue weighted by Gasteiger charge is 2.16. The van der Waals surface area contributed by atoms with Crippen LogP contribution in [-0.4, -0.2) is 73.0 Å². The van der Waals surface area contributed by atoms with Gasteiger partial charge >= 0.3 is 0 Å². The molecule has 0 bridgehead atoms. The van der Waals surface area contributed by atoms with Crippen molar-refractivity contribution in [3.8, 4) is 33.9 Å². The van der Waals surface area contributed by atoms with Gasteiger partial charge < -0.3 is 24.5 Å². The highest BCUT2D eigenvalue weighted by Crippen LogP contribution is 2.35. The van der Waals surface area contributed by atoms with Gasteiger partial charge in [0.15, 0.2) is 17.1 Å². The maximum Gasteiger partial charge on any atom is 0.161 e. The lowest BCUT2D eigenvalue weighted by Crippen LogP contribution is -2.38. The molecule has 8 nitrogen and oxygen atoms in total. The van der Waals surface area contributed by atoms with Crippen LogP contribution in [0.15, 0.2) is 48.8 Å². The van der Waals surface area contributed by atoms with Gasteiger partial charge in [-0.25, -0.2) is 9.97 Å². The second-order valence-electron chi connectivity index (χ2n) is 8.87. The minimum absolute atomic E-state index is 0.602. The number of aromatic amines is 1. The van der Waals surface area contributed by atoms with Crippen LogP contribution in [0.25, 0.3) is 33.5 Å². The fraction of sp³-hybridized carbons (Fsp3) is 0.333. The van der Waals surface area contributed by atoms with Crippen LogP contribution in [0.5, 0.6) is 11.5 Å². The molecule has 2 N–H and O–H groups in total. The summed E-state index contributed by atoms with van der Waals surface area (Å²) < 4.78 is 17.1. The van der Waals surface area contributed by atoms with E-state index in [1.54, 1.807) is 13.3 Å². The van der Waals surface area contributed by atoms with Gasteiger partial charge in [0.25, 0.3) is 0 Å². The molecule has 2 aromatic heterocycles. The first kappa shape index (κ1) is 21.9. The highest BCUT2D eigenvalue weighted by atomic mass is 16.5. The Morgan fingerprint density at radius 2 is 1.94 bits per heavy atom. The first-order valence-electron chi connectivity index (χ1n) is 12.1. The molecular formula is C27H29N5O3. The Bertz CT molecular complexity index is 1350. The van der Waals surface area contributed by atoms with E-state index in [1.165, 1.54) is 11.3 Å². The van der Waals surface area contributed by atoms with E-state index in [4.69, 9.17) is 19.2 Å². The Hall–Kier alpha value is -3.62. The van der Waals surface area contributed by atoms with Crippen molar-refractivity contribution in [3.05, 3.63) is 54.4 Å². The Labute approximate surface area is 204 Å². The highest BCUT2D eigenvalue weighted by molar-refractivity contribution is 5.92. The van der Waals surface area contributed by atoms with Crippen molar-refractivity contribution in [2.45, 2.75) is 6.42 Å². The number of rotatable bonds is 7. The molecule has 2 aliphatic rings. The van der Waals surface area contributed by atoms with E-state index >= 15 is 0 Å². The molecular weight excluding hydrogens is 442 g/mol. The van der Waals surface area contributed by atoms with E-state index in [0.717, 1.165) is 85.1 Å². The fourth-order valence-corrected chi connectivity index (χ4v) is 4.78. The minimum atomic E-state index is 0.602. The zero-order chi connectivity index (χ0) is 23.6. The fourth-order valence-electron chi connectivity index (χ4n) is 4.78. The molecule has 0 amide bonds. The molecule has 1 saturated heterocycles. The van der Waals surface area contributed by atoms with Crippen molar-refractivity contribution in [1.29, 1.82) is 0 Å². The van der Waals surface area contributed by atoms with Crippen molar-refractivity contribution in [2.24, 2.45) is 0 Å². The number of anilines is 1. The minimum Gasteiger partial charge on any atom is -0.493 e. The molecule has 4 heterocycles. The molecule has 0 spiro atoms. The van der Waals surface area contributed by atoms with Crippen LogP contribution in [0.3, 0.4) is 0 Å². The number of methoxy groups -OCH3 is 1. The second-order valence-corrected chi connectivity index (χ2v) is 8.87. The van der Waals surface area contributed by atoms with Gasteiger partial charge in [-0.2, -0.15) is 0 Å². The predicted octanol–water partition coefficient (Wildman–Crippen LogP) is 3.98. The lowest BCUT2D eigenvalue weighted by Gasteiger charge is -2.26. The number of aromatic nitrogens is 3. The van der Waals surface area contributed by atoms with E-state index < -0.39 is 0 Å². The van der Waals surface area contributed by atoms with E-state index in [1.807, 2.05) is 24.4 Å². The normalized spacial score (nSPS) is 15.7. The SMILES string of the molecule is COc1cc(-c2cnc3[nH]cc(-c4ccc5c(c4)CCN5)c3n2)ccc1OCCN1CCOCC1. The lowest BCUT2D eigenvalue weighted by atomic mass is 10.0. The quantitative estimate of drug-likeness (QED) is 0.422. The van der Waals surface area contributed by atoms with E-state index in [-0.39, 0.29) is 0 Å². The molecule has 2 aromatic carbocycles. The summed E-state index contributed by atoms with van der Waals surface area (Å²) in [7, 11) is 1.66. The Kier molecular flexibility index (Phi) is 5.98. The third kappa shape index (κ3) is 4.42. The number of benzene rings is 2. The van der Waals surface area contributed by atoms with Crippen LogP contribution in [0.2, 0.25) is 0 Å². The monoisotopic (exact) mass is 471 g/mol. The topological polar surface area (TPSA) is 84.5 Å². The van der Waals surface area contributed by atoms with E-state index in [2.05, 4.69) is 38.4 Å². The zero-order valence-corrected chi connectivity index (χ0v) is 19.8. The molecule has 0 aliphatic carbocycles. The summed E-state index contributed by atoms with van der Waals surface area (Å²) >= 11 is 0.